The second-order valence-corrected chi connectivity index (χ2v) is 6.38. The van der Waals surface area contributed by atoms with Crippen LogP contribution in [0.4, 0.5) is 5.69 Å². The van der Waals surface area contributed by atoms with Crippen LogP contribution < -0.4 is 5.32 Å². The van der Waals surface area contributed by atoms with Gasteiger partial charge in [0, 0.05) is 50.3 Å². The van der Waals surface area contributed by atoms with Crippen molar-refractivity contribution >= 4 is 23.3 Å². The summed E-state index contributed by atoms with van der Waals surface area (Å²) in [5, 5.41) is 11.3. The highest BCUT2D eigenvalue weighted by Gasteiger charge is 2.17. The number of piperazine rings is 1. The molecule has 0 radical (unpaired) electrons. The zero-order valence-corrected chi connectivity index (χ0v) is 14.5. The molecule has 0 aromatic heterocycles. The molecule has 136 valence electrons. The summed E-state index contributed by atoms with van der Waals surface area (Å²) in [5.74, 6) is -1.12. The van der Waals surface area contributed by atoms with Gasteiger partial charge < -0.3 is 15.3 Å². The monoisotopic (exact) mass is 347 g/mol. The summed E-state index contributed by atoms with van der Waals surface area (Å²) in [6, 6.07) is 6.89. The number of nitrogens with zero attached hydrogens (tertiary/aromatic N) is 2. The Morgan fingerprint density at radius 2 is 1.84 bits per heavy atom. The summed E-state index contributed by atoms with van der Waals surface area (Å²) < 4.78 is 0. The van der Waals surface area contributed by atoms with Crippen LogP contribution >= 0.6 is 0 Å². The number of anilines is 1. The van der Waals surface area contributed by atoms with Gasteiger partial charge >= 0.3 is 5.97 Å². The zero-order valence-electron chi connectivity index (χ0n) is 14.5. The highest BCUT2D eigenvalue weighted by molar-refractivity contribution is 5.99. The Labute approximate surface area is 147 Å². The van der Waals surface area contributed by atoms with Crippen LogP contribution in [0.3, 0.4) is 0 Å². The highest BCUT2D eigenvalue weighted by Crippen LogP contribution is 2.13. The summed E-state index contributed by atoms with van der Waals surface area (Å²) in [4.78, 5) is 39.1. The van der Waals surface area contributed by atoms with Gasteiger partial charge in [-0.15, -0.1) is 0 Å². The molecule has 25 heavy (non-hydrogen) atoms. The van der Waals surface area contributed by atoms with Crippen molar-refractivity contribution in [1.82, 2.24) is 9.80 Å². The number of nitrogens with one attached hydrogen (secondary N) is 1. The minimum absolute atomic E-state index is 0.0308. The Morgan fingerprint density at radius 3 is 2.52 bits per heavy atom. The van der Waals surface area contributed by atoms with Crippen LogP contribution in [0.25, 0.3) is 0 Å². The van der Waals surface area contributed by atoms with Gasteiger partial charge in [0.15, 0.2) is 5.78 Å². The molecule has 1 aliphatic rings. The molecule has 2 N–H and O–H groups in total. The predicted octanol–water partition coefficient (Wildman–Crippen LogP) is 1.31. The maximum Gasteiger partial charge on any atom is 0.303 e. The maximum absolute atomic E-state index is 12.4. The van der Waals surface area contributed by atoms with E-state index in [0.29, 0.717) is 24.2 Å². The van der Waals surface area contributed by atoms with E-state index in [1.807, 2.05) is 0 Å². The highest BCUT2D eigenvalue weighted by atomic mass is 16.4. The minimum Gasteiger partial charge on any atom is -0.481 e. The van der Waals surface area contributed by atoms with Crippen molar-refractivity contribution in [3.63, 3.8) is 0 Å². The fraction of sp³-hybridized carbons (Fsp3) is 0.500. The molecule has 1 aromatic rings. The van der Waals surface area contributed by atoms with E-state index in [4.69, 9.17) is 5.11 Å². The molecule has 1 heterocycles. The number of amides is 1. The zero-order chi connectivity index (χ0) is 18.2. The van der Waals surface area contributed by atoms with Crippen molar-refractivity contribution in [3.8, 4) is 0 Å². The molecule has 0 spiro atoms. The van der Waals surface area contributed by atoms with Crippen molar-refractivity contribution < 1.29 is 19.5 Å². The SMILES string of the molecule is CN1CCN(CC(=O)c2cccc(NC(=O)CCCC(=O)O)c2)CC1. The summed E-state index contributed by atoms with van der Waals surface area (Å²) in [6.45, 7) is 4.05. The van der Waals surface area contributed by atoms with Gasteiger partial charge in [-0.3, -0.25) is 19.3 Å². The van der Waals surface area contributed by atoms with E-state index in [-0.39, 0.29) is 24.5 Å². The number of benzene rings is 1. The van der Waals surface area contributed by atoms with Gasteiger partial charge in [0.05, 0.1) is 6.54 Å². The first-order chi connectivity index (χ1) is 11.9. The molecule has 0 aliphatic carbocycles. The number of hydrogen-bond acceptors (Lipinski definition) is 5. The van der Waals surface area contributed by atoms with E-state index in [1.54, 1.807) is 24.3 Å². The molecular weight excluding hydrogens is 322 g/mol. The van der Waals surface area contributed by atoms with E-state index >= 15 is 0 Å². The molecule has 1 amide bonds. The van der Waals surface area contributed by atoms with Crippen LogP contribution in [0.1, 0.15) is 29.6 Å². The average molecular weight is 347 g/mol. The molecular formula is C18H25N3O4. The summed E-state index contributed by atoms with van der Waals surface area (Å²) in [7, 11) is 2.07. The molecule has 0 atom stereocenters. The lowest BCUT2D eigenvalue weighted by Gasteiger charge is -2.31. The van der Waals surface area contributed by atoms with E-state index < -0.39 is 5.97 Å². The van der Waals surface area contributed by atoms with Crippen LogP contribution in [0.5, 0.6) is 0 Å². The predicted molar refractivity (Wildman–Crippen MR) is 94.8 cm³/mol. The summed E-state index contributed by atoms with van der Waals surface area (Å²) >= 11 is 0. The number of likely N-dealkylation sites (N-methyl/N-ethyl adjacent to an activating group) is 1. The number of carbonyl (C=O) groups is 3. The number of carboxylic acids is 1. The first-order valence-corrected chi connectivity index (χ1v) is 8.50. The molecule has 1 fully saturated rings. The van der Waals surface area contributed by atoms with Crippen molar-refractivity contribution in [2.75, 3.05) is 45.1 Å². The topological polar surface area (TPSA) is 90.0 Å². The number of hydrogen-bond donors (Lipinski definition) is 2. The third kappa shape index (κ3) is 6.64. The summed E-state index contributed by atoms with van der Waals surface area (Å²) in [5.41, 5.74) is 1.13. The van der Waals surface area contributed by atoms with Gasteiger partial charge in [-0.05, 0) is 25.6 Å². The van der Waals surface area contributed by atoms with Crippen molar-refractivity contribution in [1.29, 1.82) is 0 Å². The maximum atomic E-state index is 12.4. The average Bonchev–Trinajstić information content (AvgIpc) is 2.57. The Hall–Kier alpha value is -2.25. The number of carbonyl (C=O) groups excluding carboxylic acids is 2. The van der Waals surface area contributed by atoms with E-state index in [2.05, 4.69) is 22.2 Å². The quantitative estimate of drug-likeness (QED) is 0.689. The molecule has 1 aliphatic heterocycles. The third-order valence-corrected chi connectivity index (χ3v) is 4.23. The van der Waals surface area contributed by atoms with Crippen LogP contribution in [0, 0.1) is 0 Å². The van der Waals surface area contributed by atoms with Crippen molar-refractivity contribution in [3.05, 3.63) is 29.8 Å². The number of carboxylic acid groups (broad SMARTS) is 1. The fourth-order valence-electron chi connectivity index (χ4n) is 2.69. The third-order valence-electron chi connectivity index (χ3n) is 4.23. The molecule has 7 nitrogen and oxygen atoms in total. The van der Waals surface area contributed by atoms with Gasteiger partial charge in [-0.2, -0.15) is 0 Å². The Balaban J connectivity index is 1.86. The largest absolute Gasteiger partial charge is 0.481 e. The van der Waals surface area contributed by atoms with E-state index in [1.165, 1.54) is 0 Å². The molecule has 1 saturated heterocycles. The molecule has 2 rings (SSSR count). The van der Waals surface area contributed by atoms with Crippen LogP contribution in [-0.2, 0) is 9.59 Å². The molecule has 0 unspecified atom stereocenters. The number of aliphatic carboxylic acids is 1. The van der Waals surface area contributed by atoms with Gasteiger partial charge in [0.25, 0.3) is 0 Å². The van der Waals surface area contributed by atoms with Gasteiger partial charge in [0.1, 0.15) is 0 Å². The Kier molecular flexibility index (Phi) is 7.09. The van der Waals surface area contributed by atoms with E-state index in [9.17, 15) is 14.4 Å². The van der Waals surface area contributed by atoms with Crippen LogP contribution in [-0.4, -0.2) is 72.3 Å². The fourth-order valence-corrected chi connectivity index (χ4v) is 2.69. The van der Waals surface area contributed by atoms with Crippen LogP contribution in [0.15, 0.2) is 24.3 Å². The molecule has 0 saturated carbocycles. The first kappa shape index (κ1) is 19.1. The normalized spacial score (nSPS) is 15.7. The van der Waals surface area contributed by atoms with Gasteiger partial charge in [-0.1, -0.05) is 12.1 Å². The summed E-state index contributed by atoms with van der Waals surface area (Å²) in [6.07, 6.45) is 0.409. The van der Waals surface area contributed by atoms with Crippen molar-refractivity contribution in [2.45, 2.75) is 19.3 Å². The molecule has 7 heteroatoms. The lowest BCUT2D eigenvalue weighted by molar-refractivity contribution is -0.137. The van der Waals surface area contributed by atoms with Crippen molar-refractivity contribution in [2.24, 2.45) is 0 Å². The second kappa shape index (κ2) is 9.29. The van der Waals surface area contributed by atoms with E-state index in [0.717, 1.165) is 26.2 Å². The second-order valence-electron chi connectivity index (χ2n) is 6.38. The first-order valence-electron chi connectivity index (χ1n) is 8.50. The number of rotatable bonds is 8. The standard InChI is InChI=1S/C18H25N3O4/c1-20-8-10-21(11-9-20)13-16(22)14-4-2-5-15(12-14)19-17(23)6-3-7-18(24)25/h2,4-5,12H,3,6-11,13H2,1H3,(H,19,23)(H,24,25). The van der Waals surface area contributed by atoms with Gasteiger partial charge in [0.2, 0.25) is 5.91 Å². The smallest absolute Gasteiger partial charge is 0.303 e. The number of ketones is 1. The number of Topliss-reactive ketones (excluding diaryl/α,β-unsaturated/α-hetero) is 1. The molecule has 1 aromatic carbocycles. The molecule has 0 bridgehead atoms. The lowest BCUT2D eigenvalue weighted by Crippen LogP contribution is -2.46. The minimum atomic E-state index is -0.913. The Bertz CT molecular complexity index is 625. The lowest BCUT2D eigenvalue weighted by atomic mass is 10.1. The Morgan fingerprint density at radius 1 is 1.12 bits per heavy atom. The van der Waals surface area contributed by atoms with Gasteiger partial charge in [-0.25, -0.2) is 0 Å². The van der Waals surface area contributed by atoms with Crippen LogP contribution in [0.2, 0.25) is 0 Å².